The number of hydrogen-bond acceptors (Lipinski definition) is 4. The monoisotopic (exact) mass is 368 g/mol. The first-order chi connectivity index (χ1) is 13.1. The molecule has 0 radical (unpaired) electrons. The van der Waals surface area contributed by atoms with Crippen LogP contribution in [0.15, 0.2) is 24.3 Å². The summed E-state index contributed by atoms with van der Waals surface area (Å²) in [4.78, 5) is 26.4. The fraction of sp³-hybridized carbons (Fsp3) is 0.476. The molecule has 5 nitrogen and oxygen atoms in total. The van der Waals surface area contributed by atoms with Crippen LogP contribution in [0, 0.1) is 12.7 Å². The van der Waals surface area contributed by atoms with Gasteiger partial charge in [-0.05, 0) is 49.4 Å². The molecule has 0 atom stereocenters. The second-order valence-electron chi connectivity index (χ2n) is 7.42. The minimum atomic E-state index is -0.302. The van der Waals surface area contributed by atoms with Gasteiger partial charge in [-0.2, -0.15) is 0 Å². The van der Waals surface area contributed by atoms with E-state index >= 15 is 0 Å². The van der Waals surface area contributed by atoms with Crippen molar-refractivity contribution in [1.82, 2.24) is 14.9 Å². The van der Waals surface area contributed by atoms with Crippen molar-refractivity contribution < 1.29 is 9.18 Å². The Morgan fingerprint density at radius 2 is 1.89 bits per heavy atom. The Bertz CT molecular complexity index is 848. The number of amides is 1. The van der Waals surface area contributed by atoms with Crippen LogP contribution >= 0.6 is 0 Å². The number of aryl methyl sites for hydroxylation is 1. The summed E-state index contributed by atoms with van der Waals surface area (Å²) < 4.78 is 13.4. The molecule has 2 aromatic rings. The van der Waals surface area contributed by atoms with Crippen molar-refractivity contribution in [2.75, 3.05) is 31.1 Å². The predicted molar refractivity (Wildman–Crippen MR) is 102 cm³/mol. The molecule has 0 N–H and O–H groups in total. The van der Waals surface area contributed by atoms with Crippen molar-refractivity contribution in [3.05, 3.63) is 52.6 Å². The lowest BCUT2D eigenvalue weighted by molar-refractivity contribution is -0.130. The molecule has 0 bridgehead atoms. The van der Waals surface area contributed by atoms with E-state index < -0.39 is 0 Å². The zero-order valence-electron chi connectivity index (χ0n) is 15.7. The Hall–Kier alpha value is -2.50. The maximum atomic E-state index is 13.4. The standard InChI is InChI=1S/C21H25FN4O/c1-15-18-7-11-25(20(27)14-16-5-4-6-17(22)13-16)12-8-19(18)24-21(23-15)26-9-2-3-10-26/h4-6,13H,2-3,7-12,14H2,1H3. The number of anilines is 1. The molecule has 1 aromatic carbocycles. The van der Waals surface area contributed by atoms with E-state index in [0.717, 1.165) is 43.3 Å². The summed E-state index contributed by atoms with van der Waals surface area (Å²) in [6, 6.07) is 6.28. The van der Waals surface area contributed by atoms with Gasteiger partial charge in [0.25, 0.3) is 0 Å². The number of hydrogen-bond donors (Lipinski definition) is 0. The predicted octanol–water partition coefficient (Wildman–Crippen LogP) is 2.69. The molecule has 27 heavy (non-hydrogen) atoms. The van der Waals surface area contributed by atoms with E-state index in [1.54, 1.807) is 12.1 Å². The van der Waals surface area contributed by atoms with Crippen molar-refractivity contribution >= 4 is 11.9 Å². The molecule has 2 aliphatic heterocycles. The zero-order valence-corrected chi connectivity index (χ0v) is 15.7. The molecule has 1 amide bonds. The normalized spacial score (nSPS) is 17.0. The quantitative estimate of drug-likeness (QED) is 0.836. The van der Waals surface area contributed by atoms with Crippen LogP contribution in [0.2, 0.25) is 0 Å². The molecule has 1 saturated heterocycles. The van der Waals surface area contributed by atoms with Gasteiger partial charge >= 0.3 is 0 Å². The first-order valence-electron chi connectivity index (χ1n) is 9.74. The van der Waals surface area contributed by atoms with E-state index in [-0.39, 0.29) is 18.1 Å². The third-order valence-corrected chi connectivity index (χ3v) is 5.52. The van der Waals surface area contributed by atoms with E-state index in [2.05, 4.69) is 4.90 Å². The molecule has 0 spiro atoms. The van der Waals surface area contributed by atoms with Gasteiger partial charge in [-0.25, -0.2) is 14.4 Å². The minimum absolute atomic E-state index is 0.0405. The Morgan fingerprint density at radius 3 is 2.67 bits per heavy atom. The molecule has 1 aromatic heterocycles. The largest absolute Gasteiger partial charge is 0.342 e. The number of carbonyl (C=O) groups excluding carboxylic acids is 1. The topological polar surface area (TPSA) is 49.3 Å². The van der Waals surface area contributed by atoms with Gasteiger partial charge < -0.3 is 9.80 Å². The average Bonchev–Trinajstić information content (AvgIpc) is 3.09. The number of benzene rings is 1. The van der Waals surface area contributed by atoms with E-state index in [9.17, 15) is 9.18 Å². The van der Waals surface area contributed by atoms with Gasteiger partial charge in [0.05, 0.1) is 12.1 Å². The van der Waals surface area contributed by atoms with Crippen molar-refractivity contribution in [2.45, 2.75) is 39.0 Å². The lowest BCUT2D eigenvalue weighted by atomic mass is 10.1. The van der Waals surface area contributed by atoms with Crippen LogP contribution in [-0.2, 0) is 24.1 Å². The maximum Gasteiger partial charge on any atom is 0.227 e. The summed E-state index contributed by atoms with van der Waals surface area (Å²) in [5.41, 5.74) is 4.00. The summed E-state index contributed by atoms with van der Waals surface area (Å²) in [7, 11) is 0. The molecule has 2 aliphatic rings. The molecular formula is C21H25FN4O. The Morgan fingerprint density at radius 1 is 1.11 bits per heavy atom. The molecule has 3 heterocycles. The third kappa shape index (κ3) is 3.94. The highest BCUT2D eigenvalue weighted by Gasteiger charge is 2.23. The lowest BCUT2D eigenvalue weighted by Crippen LogP contribution is -2.34. The second kappa shape index (κ2) is 7.62. The smallest absolute Gasteiger partial charge is 0.227 e. The lowest BCUT2D eigenvalue weighted by Gasteiger charge is -2.20. The molecule has 0 unspecified atom stereocenters. The Kier molecular flexibility index (Phi) is 5.05. The SMILES string of the molecule is Cc1nc(N2CCCC2)nc2c1CCN(C(=O)Cc1cccc(F)c1)CC2. The van der Waals surface area contributed by atoms with Crippen molar-refractivity contribution in [2.24, 2.45) is 0 Å². The van der Waals surface area contributed by atoms with E-state index in [1.807, 2.05) is 11.8 Å². The highest BCUT2D eigenvalue weighted by atomic mass is 19.1. The van der Waals surface area contributed by atoms with Crippen molar-refractivity contribution in [3.8, 4) is 0 Å². The molecule has 142 valence electrons. The van der Waals surface area contributed by atoms with Gasteiger partial charge in [-0.1, -0.05) is 12.1 Å². The van der Waals surface area contributed by atoms with Crippen LogP contribution in [0.4, 0.5) is 10.3 Å². The zero-order chi connectivity index (χ0) is 18.8. The van der Waals surface area contributed by atoms with Gasteiger partial charge in [0.2, 0.25) is 11.9 Å². The number of rotatable bonds is 3. The summed E-state index contributed by atoms with van der Waals surface area (Å²) in [6.07, 6.45) is 4.15. The highest BCUT2D eigenvalue weighted by molar-refractivity contribution is 5.79. The van der Waals surface area contributed by atoms with Gasteiger partial charge in [0, 0.05) is 38.3 Å². The van der Waals surface area contributed by atoms with Crippen LogP contribution in [0.5, 0.6) is 0 Å². The average molecular weight is 368 g/mol. The molecule has 6 heteroatoms. The summed E-state index contributed by atoms with van der Waals surface area (Å²) in [5, 5.41) is 0. The number of halogens is 1. The van der Waals surface area contributed by atoms with Crippen LogP contribution < -0.4 is 4.90 Å². The van der Waals surface area contributed by atoms with E-state index in [4.69, 9.17) is 9.97 Å². The Labute approximate surface area is 159 Å². The molecule has 0 aliphatic carbocycles. The van der Waals surface area contributed by atoms with Gasteiger partial charge in [-0.15, -0.1) is 0 Å². The summed E-state index contributed by atoms with van der Waals surface area (Å²) >= 11 is 0. The fourth-order valence-corrected chi connectivity index (χ4v) is 4.01. The van der Waals surface area contributed by atoms with Crippen LogP contribution in [0.25, 0.3) is 0 Å². The number of nitrogens with zero attached hydrogens (tertiary/aromatic N) is 4. The molecular weight excluding hydrogens is 343 g/mol. The third-order valence-electron chi connectivity index (χ3n) is 5.52. The van der Waals surface area contributed by atoms with E-state index in [1.165, 1.54) is 30.5 Å². The second-order valence-corrected chi connectivity index (χ2v) is 7.42. The Balaban J connectivity index is 1.47. The summed E-state index contributed by atoms with van der Waals surface area (Å²) in [6.45, 7) is 5.41. The van der Waals surface area contributed by atoms with Gasteiger partial charge in [0.1, 0.15) is 5.82 Å². The first-order valence-corrected chi connectivity index (χ1v) is 9.74. The molecule has 4 rings (SSSR count). The van der Waals surface area contributed by atoms with Crippen molar-refractivity contribution in [3.63, 3.8) is 0 Å². The first kappa shape index (κ1) is 17.9. The van der Waals surface area contributed by atoms with Gasteiger partial charge in [-0.3, -0.25) is 4.79 Å². The van der Waals surface area contributed by atoms with Crippen molar-refractivity contribution in [1.29, 1.82) is 0 Å². The van der Waals surface area contributed by atoms with E-state index in [0.29, 0.717) is 18.7 Å². The highest BCUT2D eigenvalue weighted by Crippen LogP contribution is 2.23. The van der Waals surface area contributed by atoms with Crippen LogP contribution in [-0.4, -0.2) is 47.0 Å². The summed E-state index contributed by atoms with van der Waals surface area (Å²) in [5.74, 6) is 0.575. The number of aromatic nitrogens is 2. The molecule has 1 fully saturated rings. The number of fused-ring (bicyclic) bond motifs is 1. The van der Waals surface area contributed by atoms with Gasteiger partial charge in [0.15, 0.2) is 0 Å². The van der Waals surface area contributed by atoms with Crippen LogP contribution in [0.3, 0.4) is 0 Å². The minimum Gasteiger partial charge on any atom is -0.342 e. The fourth-order valence-electron chi connectivity index (χ4n) is 4.01. The molecule has 0 saturated carbocycles. The number of carbonyl (C=O) groups is 1. The van der Waals surface area contributed by atoms with Crippen LogP contribution in [0.1, 0.15) is 35.4 Å². The maximum absolute atomic E-state index is 13.4.